The van der Waals surface area contributed by atoms with Crippen LogP contribution in [0.2, 0.25) is 0 Å². The second kappa shape index (κ2) is 4.45. The van der Waals surface area contributed by atoms with Gasteiger partial charge in [-0.3, -0.25) is 0 Å². The van der Waals surface area contributed by atoms with Crippen molar-refractivity contribution in [2.75, 3.05) is 0 Å². The molecule has 0 aliphatic rings. The summed E-state index contributed by atoms with van der Waals surface area (Å²) in [7, 11) is 0. The first-order chi connectivity index (χ1) is 9.22. The van der Waals surface area contributed by atoms with Gasteiger partial charge >= 0.3 is 0 Å². The molecule has 5 nitrogen and oxygen atoms in total. The summed E-state index contributed by atoms with van der Waals surface area (Å²) in [5, 5.41) is 22.7. The fourth-order valence-electron chi connectivity index (χ4n) is 1.76. The van der Waals surface area contributed by atoms with Gasteiger partial charge in [0, 0.05) is 17.2 Å². The van der Waals surface area contributed by atoms with E-state index in [0.717, 1.165) is 5.56 Å². The average molecular weight is 254 g/mol. The van der Waals surface area contributed by atoms with E-state index in [1.54, 1.807) is 0 Å². The van der Waals surface area contributed by atoms with Gasteiger partial charge in [-0.25, -0.2) is 0 Å². The summed E-state index contributed by atoms with van der Waals surface area (Å²) in [5.41, 5.74) is 1.30. The quantitative estimate of drug-likeness (QED) is 0.735. The predicted octanol–water partition coefficient (Wildman–Crippen LogP) is 2.81. The average Bonchev–Trinajstić information content (AvgIpc) is 2.88. The van der Waals surface area contributed by atoms with Crippen molar-refractivity contribution in [2.24, 2.45) is 0 Å². The molecule has 19 heavy (non-hydrogen) atoms. The molecule has 0 unspecified atom stereocenters. The molecule has 2 aromatic carbocycles. The molecule has 2 N–H and O–H groups in total. The topological polar surface area (TPSA) is 79.4 Å². The maximum atomic E-state index is 9.43. The SMILES string of the molecule is Oc1cc(O)cc(-c2nc(-c3ccccc3)no2)c1. The van der Waals surface area contributed by atoms with E-state index in [0.29, 0.717) is 11.4 Å². The Morgan fingerprint density at radius 2 is 1.53 bits per heavy atom. The zero-order valence-corrected chi connectivity index (χ0v) is 9.82. The maximum absolute atomic E-state index is 9.43. The zero-order valence-electron chi connectivity index (χ0n) is 9.82. The van der Waals surface area contributed by atoms with Crippen LogP contribution in [0.1, 0.15) is 0 Å². The normalized spacial score (nSPS) is 10.5. The van der Waals surface area contributed by atoms with Gasteiger partial charge in [-0.05, 0) is 12.1 Å². The van der Waals surface area contributed by atoms with Gasteiger partial charge in [0.25, 0.3) is 5.89 Å². The highest BCUT2D eigenvalue weighted by atomic mass is 16.5. The number of phenolic OH excluding ortho intramolecular Hbond substituents is 2. The van der Waals surface area contributed by atoms with Gasteiger partial charge in [0.15, 0.2) is 0 Å². The molecular formula is C14H10N2O3. The third-order valence-corrected chi connectivity index (χ3v) is 2.61. The van der Waals surface area contributed by atoms with Crippen LogP contribution in [-0.2, 0) is 0 Å². The van der Waals surface area contributed by atoms with E-state index in [1.807, 2.05) is 30.3 Å². The minimum Gasteiger partial charge on any atom is -0.508 e. The number of rotatable bonds is 2. The van der Waals surface area contributed by atoms with E-state index >= 15 is 0 Å². The summed E-state index contributed by atoms with van der Waals surface area (Å²) in [6.45, 7) is 0. The van der Waals surface area contributed by atoms with Gasteiger partial charge in [0.1, 0.15) is 11.5 Å². The molecule has 3 rings (SSSR count). The van der Waals surface area contributed by atoms with Gasteiger partial charge in [0.05, 0.1) is 0 Å². The largest absolute Gasteiger partial charge is 0.508 e. The van der Waals surface area contributed by atoms with Crippen molar-refractivity contribution in [1.82, 2.24) is 10.1 Å². The Kier molecular flexibility index (Phi) is 2.64. The third-order valence-electron chi connectivity index (χ3n) is 2.61. The minimum absolute atomic E-state index is 0.0607. The highest BCUT2D eigenvalue weighted by Gasteiger charge is 2.11. The molecule has 0 aliphatic heterocycles. The lowest BCUT2D eigenvalue weighted by molar-refractivity contribution is 0.428. The molecule has 0 fully saturated rings. The molecule has 5 heteroatoms. The first kappa shape index (κ1) is 11.3. The Morgan fingerprint density at radius 3 is 2.21 bits per heavy atom. The molecule has 1 heterocycles. The van der Waals surface area contributed by atoms with Gasteiger partial charge in [-0.1, -0.05) is 35.5 Å². The molecule has 0 radical (unpaired) electrons. The first-order valence-corrected chi connectivity index (χ1v) is 5.65. The lowest BCUT2D eigenvalue weighted by atomic mass is 10.2. The smallest absolute Gasteiger partial charge is 0.258 e. The van der Waals surface area contributed by atoms with Crippen LogP contribution in [-0.4, -0.2) is 20.4 Å². The summed E-state index contributed by atoms with van der Waals surface area (Å²) in [5.74, 6) is 0.576. The molecule has 3 aromatic rings. The van der Waals surface area contributed by atoms with Crippen LogP contribution in [0.5, 0.6) is 11.5 Å². The summed E-state index contributed by atoms with van der Waals surface area (Å²) in [6.07, 6.45) is 0. The molecule has 0 saturated heterocycles. The fourth-order valence-corrected chi connectivity index (χ4v) is 1.76. The highest BCUT2D eigenvalue weighted by molar-refractivity contribution is 5.62. The van der Waals surface area contributed by atoms with Crippen LogP contribution in [0.15, 0.2) is 53.1 Å². The second-order valence-corrected chi connectivity index (χ2v) is 4.03. The summed E-state index contributed by atoms with van der Waals surface area (Å²) < 4.78 is 5.13. The van der Waals surface area contributed by atoms with Crippen molar-refractivity contribution in [1.29, 1.82) is 0 Å². The van der Waals surface area contributed by atoms with Crippen LogP contribution >= 0.6 is 0 Å². The third kappa shape index (κ3) is 2.26. The summed E-state index contributed by atoms with van der Waals surface area (Å²) in [6, 6.07) is 13.5. The molecule has 0 saturated carbocycles. The molecule has 0 spiro atoms. The van der Waals surface area contributed by atoms with Crippen LogP contribution in [0, 0.1) is 0 Å². The number of phenols is 2. The molecule has 0 amide bonds. The van der Waals surface area contributed by atoms with Gasteiger partial charge in [-0.2, -0.15) is 4.98 Å². The molecule has 1 aromatic heterocycles. The lowest BCUT2D eigenvalue weighted by Crippen LogP contribution is -1.80. The van der Waals surface area contributed by atoms with E-state index in [4.69, 9.17) is 4.52 Å². The summed E-state index contributed by atoms with van der Waals surface area (Å²) >= 11 is 0. The van der Waals surface area contributed by atoms with Gasteiger partial charge < -0.3 is 14.7 Å². The number of aromatic nitrogens is 2. The Labute approximate surface area is 108 Å². The number of nitrogens with zero attached hydrogens (tertiary/aromatic N) is 2. The number of hydrogen-bond donors (Lipinski definition) is 2. The number of hydrogen-bond acceptors (Lipinski definition) is 5. The zero-order chi connectivity index (χ0) is 13.2. The Hall–Kier alpha value is -2.82. The monoisotopic (exact) mass is 254 g/mol. The van der Waals surface area contributed by atoms with Crippen molar-refractivity contribution in [3.63, 3.8) is 0 Å². The fraction of sp³-hybridized carbons (Fsp3) is 0. The first-order valence-electron chi connectivity index (χ1n) is 5.65. The van der Waals surface area contributed by atoms with Crippen LogP contribution in [0.25, 0.3) is 22.8 Å². The molecule has 0 aliphatic carbocycles. The number of benzene rings is 2. The molecular weight excluding hydrogens is 244 g/mol. The van der Waals surface area contributed by atoms with E-state index in [-0.39, 0.29) is 17.4 Å². The molecule has 0 atom stereocenters. The van der Waals surface area contributed by atoms with E-state index in [2.05, 4.69) is 10.1 Å². The summed E-state index contributed by atoms with van der Waals surface area (Å²) in [4.78, 5) is 4.23. The Bertz CT molecular complexity index is 687. The van der Waals surface area contributed by atoms with Crippen molar-refractivity contribution in [2.45, 2.75) is 0 Å². The molecule has 94 valence electrons. The standard InChI is InChI=1S/C14H10N2O3/c17-11-6-10(7-12(18)8-11)14-15-13(16-19-14)9-4-2-1-3-5-9/h1-8,17-18H. The maximum Gasteiger partial charge on any atom is 0.258 e. The van der Waals surface area contributed by atoms with Gasteiger partial charge in [-0.15, -0.1) is 0 Å². The Balaban J connectivity index is 2.02. The predicted molar refractivity (Wildman–Crippen MR) is 68.5 cm³/mol. The number of aromatic hydroxyl groups is 2. The van der Waals surface area contributed by atoms with Crippen LogP contribution < -0.4 is 0 Å². The van der Waals surface area contributed by atoms with E-state index in [1.165, 1.54) is 18.2 Å². The van der Waals surface area contributed by atoms with E-state index in [9.17, 15) is 10.2 Å². The molecule has 0 bridgehead atoms. The van der Waals surface area contributed by atoms with Crippen molar-refractivity contribution >= 4 is 0 Å². The van der Waals surface area contributed by atoms with Crippen LogP contribution in [0.4, 0.5) is 0 Å². The van der Waals surface area contributed by atoms with Crippen molar-refractivity contribution in [3.05, 3.63) is 48.5 Å². The second-order valence-electron chi connectivity index (χ2n) is 4.03. The highest BCUT2D eigenvalue weighted by Crippen LogP contribution is 2.28. The van der Waals surface area contributed by atoms with Crippen molar-refractivity contribution in [3.8, 4) is 34.3 Å². The van der Waals surface area contributed by atoms with E-state index < -0.39 is 0 Å². The Morgan fingerprint density at radius 1 is 0.842 bits per heavy atom. The lowest BCUT2D eigenvalue weighted by Gasteiger charge is -1.97. The minimum atomic E-state index is -0.0607. The van der Waals surface area contributed by atoms with Crippen LogP contribution in [0.3, 0.4) is 0 Å². The van der Waals surface area contributed by atoms with Gasteiger partial charge in [0.2, 0.25) is 5.82 Å². The van der Waals surface area contributed by atoms with Crippen molar-refractivity contribution < 1.29 is 14.7 Å².